The Hall–Kier alpha value is -0.440. The van der Waals surface area contributed by atoms with Gasteiger partial charge in [-0.2, -0.15) is 0 Å². The average molecular weight is 187 g/mol. The fourth-order valence-electron chi connectivity index (χ4n) is 2.48. The molecule has 0 aromatic rings. The van der Waals surface area contributed by atoms with Crippen LogP contribution in [0.1, 0.15) is 25.7 Å². The number of alkyl halides is 2. The van der Waals surface area contributed by atoms with E-state index in [0.717, 1.165) is 19.3 Å². The highest BCUT2D eigenvalue weighted by atomic mass is 19.3. The Morgan fingerprint density at radius 1 is 1.38 bits per heavy atom. The molecule has 2 N–H and O–H groups in total. The van der Waals surface area contributed by atoms with Crippen LogP contribution in [0.15, 0.2) is 12.2 Å². The van der Waals surface area contributed by atoms with Crippen molar-refractivity contribution in [1.82, 2.24) is 0 Å². The molecule has 0 spiro atoms. The van der Waals surface area contributed by atoms with E-state index >= 15 is 0 Å². The fraction of sp³-hybridized carbons (Fsp3) is 0.800. The molecule has 0 aromatic carbocycles. The second-order valence-electron chi connectivity index (χ2n) is 4.22. The third-order valence-electron chi connectivity index (χ3n) is 3.56. The van der Waals surface area contributed by atoms with E-state index in [0.29, 0.717) is 0 Å². The maximum atomic E-state index is 13.1. The Balaban J connectivity index is 2.11. The van der Waals surface area contributed by atoms with Gasteiger partial charge in [0.15, 0.2) is 0 Å². The summed E-state index contributed by atoms with van der Waals surface area (Å²) < 4.78 is 26.3. The lowest BCUT2D eigenvalue weighted by Crippen LogP contribution is -2.31. The zero-order valence-corrected chi connectivity index (χ0v) is 7.60. The molecule has 3 heteroatoms. The molecule has 0 heterocycles. The molecule has 0 amide bonds. The maximum absolute atomic E-state index is 13.1. The molecule has 13 heavy (non-hydrogen) atoms. The second kappa shape index (κ2) is 2.77. The predicted molar refractivity (Wildman–Crippen MR) is 47.5 cm³/mol. The molecule has 2 aliphatic carbocycles. The first-order valence-electron chi connectivity index (χ1n) is 4.85. The standard InChI is InChI=1S/C10H15F2N/c11-10(12)6-9(10,7-13)8-4-2-1-3-5-8/h1-2,8H,3-7,13H2. The summed E-state index contributed by atoms with van der Waals surface area (Å²) in [7, 11) is 0. The maximum Gasteiger partial charge on any atom is 0.256 e. The molecule has 2 aliphatic rings. The monoisotopic (exact) mass is 187 g/mol. The van der Waals surface area contributed by atoms with Crippen LogP contribution >= 0.6 is 0 Å². The van der Waals surface area contributed by atoms with E-state index < -0.39 is 11.3 Å². The fourth-order valence-corrected chi connectivity index (χ4v) is 2.48. The molecular formula is C10H15F2N. The Morgan fingerprint density at radius 3 is 2.46 bits per heavy atom. The van der Waals surface area contributed by atoms with Crippen LogP contribution in [-0.4, -0.2) is 12.5 Å². The average Bonchev–Trinajstić information content (AvgIpc) is 2.72. The normalized spacial score (nSPS) is 41.9. The summed E-state index contributed by atoms with van der Waals surface area (Å²) in [6.07, 6.45) is 6.69. The van der Waals surface area contributed by atoms with Crippen LogP contribution in [0.5, 0.6) is 0 Å². The minimum absolute atomic E-state index is 0.00894. The highest BCUT2D eigenvalue weighted by Crippen LogP contribution is 2.66. The highest BCUT2D eigenvalue weighted by molar-refractivity contribution is 5.16. The van der Waals surface area contributed by atoms with Gasteiger partial charge in [-0.15, -0.1) is 0 Å². The van der Waals surface area contributed by atoms with Gasteiger partial charge in [0.1, 0.15) is 0 Å². The number of hydrogen-bond acceptors (Lipinski definition) is 1. The summed E-state index contributed by atoms with van der Waals surface area (Å²) >= 11 is 0. The van der Waals surface area contributed by atoms with Gasteiger partial charge in [-0.1, -0.05) is 12.2 Å². The topological polar surface area (TPSA) is 26.0 Å². The number of allylic oxidation sites excluding steroid dienone is 2. The smallest absolute Gasteiger partial charge is 0.256 e. The molecule has 0 aliphatic heterocycles. The van der Waals surface area contributed by atoms with E-state index in [1.54, 1.807) is 0 Å². The van der Waals surface area contributed by atoms with Crippen molar-refractivity contribution in [2.75, 3.05) is 6.54 Å². The van der Waals surface area contributed by atoms with Crippen molar-refractivity contribution in [2.45, 2.75) is 31.6 Å². The van der Waals surface area contributed by atoms with E-state index in [9.17, 15) is 8.78 Å². The van der Waals surface area contributed by atoms with Gasteiger partial charge in [0, 0.05) is 13.0 Å². The Labute approximate surface area is 77.0 Å². The van der Waals surface area contributed by atoms with Gasteiger partial charge in [-0.05, 0) is 25.2 Å². The van der Waals surface area contributed by atoms with Crippen LogP contribution in [0, 0.1) is 11.3 Å². The molecule has 2 unspecified atom stereocenters. The lowest BCUT2D eigenvalue weighted by molar-refractivity contribution is 0.0392. The van der Waals surface area contributed by atoms with E-state index in [1.165, 1.54) is 0 Å². The molecule has 2 rings (SSSR count). The summed E-state index contributed by atoms with van der Waals surface area (Å²) in [5.74, 6) is -2.38. The first kappa shape index (κ1) is 9.13. The van der Waals surface area contributed by atoms with Crippen molar-refractivity contribution in [3.63, 3.8) is 0 Å². The van der Waals surface area contributed by atoms with E-state index in [1.807, 2.05) is 6.08 Å². The van der Waals surface area contributed by atoms with Crippen molar-refractivity contribution < 1.29 is 8.78 Å². The lowest BCUT2D eigenvalue weighted by Gasteiger charge is -2.26. The molecule has 74 valence electrons. The van der Waals surface area contributed by atoms with Gasteiger partial charge in [0.05, 0.1) is 5.41 Å². The SMILES string of the molecule is NCC1(C2CC=CCC2)CC1(F)F. The third kappa shape index (κ3) is 1.21. The van der Waals surface area contributed by atoms with E-state index in [4.69, 9.17) is 5.73 Å². The lowest BCUT2D eigenvalue weighted by atomic mass is 9.80. The first-order chi connectivity index (χ1) is 6.12. The number of nitrogens with two attached hydrogens (primary N) is 1. The molecule has 0 aromatic heterocycles. The zero-order valence-electron chi connectivity index (χ0n) is 7.60. The third-order valence-corrected chi connectivity index (χ3v) is 3.56. The summed E-state index contributed by atoms with van der Waals surface area (Å²) in [5.41, 5.74) is 4.62. The van der Waals surface area contributed by atoms with Crippen molar-refractivity contribution in [3.8, 4) is 0 Å². The van der Waals surface area contributed by atoms with E-state index in [2.05, 4.69) is 6.08 Å². The molecule has 1 saturated carbocycles. The molecule has 2 atom stereocenters. The number of rotatable bonds is 2. The van der Waals surface area contributed by atoms with Crippen LogP contribution in [0.2, 0.25) is 0 Å². The first-order valence-corrected chi connectivity index (χ1v) is 4.85. The van der Waals surface area contributed by atoms with Crippen LogP contribution in [0.25, 0.3) is 0 Å². The molecular weight excluding hydrogens is 172 g/mol. The molecule has 1 nitrogen and oxygen atoms in total. The van der Waals surface area contributed by atoms with Crippen molar-refractivity contribution in [1.29, 1.82) is 0 Å². The van der Waals surface area contributed by atoms with Gasteiger partial charge < -0.3 is 5.73 Å². The second-order valence-corrected chi connectivity index (χ2v) is 4.22. The minimum atomic E-state index is -2.49. The summed E-state index contributed by atoms with van der Waals surface area (Å²) in [6.45, 7) is 0.137. The Morgan fingerprint density at radius 2 is 2.08 bits per heavy atom. The van der Waals surface area contributed by atoms with Crippen LogP contribution in [-0.2, 0) is 0 Å². The Kier molecular flexibility index (Phi) is 1.95. The largest absolute Gasteiger partial charge is 0.330 e. The van der Waals surface area contributed by atoms with Gasteiger partial charge in [0.2, 0.25) is 0 Å². The summed E-state index contributed by atoms with van der Waals surface area (Å²) in [5, 5.41) is 0. The Bertz CT molecular complexity index is 237. The zero-order chi connectivity index (χ0) is 9.53. The van der Waals surface area contributed by atoms with Gasteiger partial charge >= 0.3 is 0 Å². The number of hydrogen-bond donors (Lipinski definition) is 1. The van der Waals surface area contributed by atoms with Gasteiger partial charge in [-0.3, -0.25) is 0 Å². The minimum Gasteiger partial charge on any atom is -0.330 e. The van der Waals surface area contributed by atoms with Crippen LogP contribution in [0.3, 0.4) is 0 Å². The van der Waals surface area contributed by atoms with Crippen LogP contribution < -0.4 is 5.73 Å². The van der Waals surface area contributed by atoms with E-state index in [-0.39, 0.29) is 18.9 Å². The van der Waals surface area contributed by atoms with Crippen molar-refractivity contribution in [2.24, 2.45) is 17.1 Å². The predicted octanol–water partition coefficient (Wildman–Crippen LogP) is 2.33. The molecule has 1 fully saturated rings. The van der Waals surface area contributed by atoms with Crippen LogP contribution in [0.4, 0.5) is 8.78 Å². The van der Waals surface area contributed by atoms with Crippen molar-refractivity contribution >= 4 is 0 Å². The number of halogens is 2. The molecule has 0 saturated heterocycles. The molecule has 0 bridgehead atoms. The van der Waals surface area contributed by atoms with Gasteiger partial charge in [-0.25, -0.2) is 8.78 Å². The van der Waals surface area contributed by atoms with Crippen molar-refractivity contribution in [3.05, 3.63) is 12.2 Å². The highest BCUT2D eigenvalue weighted by Gasteiger charge is 2.72. The molecule has 0 radical (unpaired) electrons. The summed E-state index contributed by atoms with van der Waals surface area (Å²) in [4.78, 5) is 0. The summed E-state index contributed by atoms with van der Waals surface area (Å²) in [6, 6.07) is 0. The quantitative estimate of drug-likeness (QED) is 0.660. The van der Waals surface area contributed by atoms with Gasteiger partial charge in [0.25, 0.3) is 5.92 Å².